The summed E-state index contributed by atoms with van der Waals surface area (Å²) in [7, 11) is 0. The molecule has 0 saturated heterocycles. The lowest BCUT2D eigenvalue weighted by atomic mass is 9.97. The Bertz CT molecular complexity index is 467. The molecule has 18 heavy (non-hydrogen) atoms. The predicted octanol–water partition coefficient (Wildman–Crippen LogP) is 3.63. The van der Waals surface area contributed by atoms with Gasteiger partial charge in [0.25, 0.3) is 0 Å². The van der Waals surface area contributed by atoms with Gasteiger partial charge in [0.05, 0.1) is 6.61 Å². The molecule has 2 aromatic rings. The first kappa shape index (κ1) is 13.1. The maximum absolute atomic E-state index is 5.91. The third-order valence-corrected chi connectivity index (χ3v) is 3.84. The van der Waals surface area contributed by atoms with Gasteiger partial charge in [0.15, 0.2) is 0 Å². The molecule has 1 unspecified atom stereocenters. The van der Waals surface area contributed by atoms with Gasteiger partial charge in [-0.2, -0.15) is 0 Å². The Labute approximate surface area is 112 Å². The molecule has 0 saturated carbocycles. The van der Waals surface area contributed by atoms with Crippen molar-refractivity contribution in [3.8, 4) is 5.75 Å². The summed E-state index contributed by atoms with van der Waals surface area (Å²) in [5.74, 6) is 1.21. The van der Waals surface area contributed by atoms with Crippen molar-refractivity contribution >= 4 is 11.3 Å². The van der Waals surface area contributed by atoms with E-state index in [1.54, 1.807) is 11.3 Å². The van der Waals surface area contributed by atoms with Crippen LogP contribution in [0, 0.1) is 0 Å². The Morgan fingerprint density at radius 3 is 2.83 bits per heavy atom. The van der Waals surface area contributed by atoms with E-state index in [0.29, 0.717) is 6.54 Å². The van der Waals surface area contributed by atoms with Crippen LogP contribution in [0.5, 0.6) is 5.75 Å². The van der Waals surface area contributed by atoms with E-state index in [4.69, 9.17) is 10.5 Å². The van der Waals surface area contributed by atoms with E-state index < -0.39 is 0 Å². The number of hydrogen-bond acceptors (Lipinski definition) is 3. The van der Waals surface area contributed by atoms with Gasteiger partial charge in [0.1, 0.15) is 5.75 Å². The molecule has 1 aromatic heterocycles. The molecule has 2 N–H and O–H groups in total. The van der Waals surface area contributed by atoms with Crippen LogP contribution in [0.15, 0.2) is 41.8 Å². The van der Waals surface area contributed by atoms with E-state index in [1.807, 2.05) is 12.1 Å². The van der Waals surface area contributed by atoms with Crippen molar-refractivity contribution in [2.75, 3.05) is 13.2 Å². The van der Waals surface area contributed by atoms with Crippen LogP contribution < -0.4 is 10.5 Å². The number of rotatable bonds is 6. The van der Waals surface area contributed by atoms with Gasteiger partial charge in [0, 0.05) is 17.3 Å². The standard InChI is InChI=1S/C15H19NOS/c1-2-8-17-13-6-3-5-12(10-13)14(11-16)15-7-4-9-18-15/h3-7,9-10,14H,2,8,11,16H2,1H3. The zero-order chi connectivity index (χ0) is 12.8. The zero-order valence-corrected chi connectivity index (χ0v) is 11.5. The molecular formula is C15H19NOS. The van der Waals surface area contributed by atoms with Gasteiger partial charge in [-0.3, -0.25) is 0 Å². The van der Waals surface area contributed by atoms with Gasteiger partial charge in [0.2, 0.25) is 0 Å². The molecule has 0 aliphatic carbocycles. The van der Waals surface area contributed by atoms with Gasteiger partial charge in [-0.15, -0.1) is 11.3 Å². The molecule has 2 rings (SSSR count). The zero-order valence-electron chi connectivity index (χ0n) is 10.6. The highest BCUT2D eigenvalue weighted by Crippen LogP contribution is 2.29. The Morgan fingerprint density at radius 1 is 1.28 bits per heavy atom. The summed E-state index contributed by atoms with van der Waals surface area (Å²) in [5.41, 5.74) is 7.14. The minimum absolute atomic E-state index is 0.273. The van der Waals surface area contributed by atoms with Crippen LogP contribution in [0.4, 0.5) is 0 Å². The highest BCUT2D eigenvalue weighted by Gasteiger charge is 2.13. The molecule has 3 heteroatoms. The maximum atomic E-state index is 5.91. The van der Waals surface area contributed by atoms with Crippen molar-refractivity contribution in [3.05, 3.63) is 52.2 Å². The molecule has 0 aliphatic rings. The normalized spacial score (nSPS) is 12.3. The molecule has 0 spiro atoms. The van der Waals surface area contributed by atoms with Crippen LogP contribution in [0.3, 0.4) is 0 Å². The number of ether oxygens (including phenoxy) is 1. The summed E-state index contributed by atoms with van der Waals surface area (Å²) in [6, 6.07) is 12.5. The fourth-order valence-corrected chi connectivity index (χ4v) is 2.82. The van der Waals surface area contributed by atoms with Crippen LogP contribution >= 0.6 is 11.3 Å². The average molecular weight is 261 g/mol. The summed E-state index contributed by atoms with van der Waals surface area (Å²) in [6.07, 6.45) is 1.02. The highest BCUT2D eigenvalue weighted by molar-refractivity contribution is 7.10. The Morgan fingerprint density at radius 2 is 2.17 bits per heavy atom. The minimum Gasteiger partial charge on any atom is -0.494 e. The second kappa shape index (κ2) is 6.57. The monoisotopic (exact) mass is 261 g/mol. The number of thiophene rings is 1. The van der Waals surface area contributed by atoms with Crippen molar-refractivity contribution in [1.82, 2.24) is 0 Å². The highest BCUT2D eigenvalue weighted by atomic mass is 32.1. The first-order chi connectivity index (χ1) is 8.85. The lowest BCUT2D eigenvalue weighted by Crippen LogP contribution is -2.12. The van der Waals surface area contributed by atoms with Crippen LogP contribution in [0.2, 0.25) is 0 Å². The van der Waals surface area contributed by atoms with Crippen LogP contribution in [-0.2, 0) is 0 Å². The van der Waals surface area contributed by atoms with Crippen LogP contribution in [0.25, 0.3) is 0 Å². The summed E-state index contributed by atoms with van der Waals surface area (Å²) in [5, 5.41) is 2.09. The van der Waals surface area contributed by atoms with Crippen molar-refractivity contribution in [3.63, 3.8) is 0 Å². The molecular weight excluding hydrogens is 242 g/mol. The molecule has 1 atom stereocenters. The van der Waals surface area contributed by atoms with Crippen molar-refractivity contribution < 1.29 is 4.74 Å². The van der Waals surface area contributed by atoms with Crippen LogP contribution in [0.1, 0.15) is 29.7 Å². The Kier molecular flexibility index (Phi) is 4.79. The van der Waals surface area contributed by atoms with E-state index in [9.17, 15) is 0 Å². The maximum Gasteiger partial charge on any atom is 0.119 e. The van der Waals surface area contributed by atoms with E-state index in [2.05, 4.69) is 36.6 Å². The summed E-state index contributed by atoms with van der Waals surface area (Å²) < 4.78 is 5.67. The van der Waals surface area contributed by atoms with Crippen molar-refractivity contribution in [2.45, 2.75) is 19.3 Å². The van der Waals surface area contributed by atoms with E-state index in [1.165, 1.54) is 10.4 Å². The van der Waals surface area contributed by atoms with Crippen molar-refractivity contribution in [2.24, 2.45) is 5.73 Å². The third kappa shape index (κ3) is 3.12. The van der Waals surface area contributed by atoms with Gasteiger partial charge in [-0.05, 0) is 35.6 Å². The topological polar surface area (TPSA) is 35.2 Å². The average Bonchev–Trinajstić information content (AvgIpc) is 2.92. The number of hydrogen-bond donors (Lipinski definition) is 1. The molecule has 0 amide bonds. The van der Waals surface area contributed by atoms with Gasteiger partial charge >= 0.3 is 0 Å². The first-order valence-corrected chi connectivity index (χ1v) is 7.19. The van der Waals surface area contributed by atoms with E-state index in [0.717, 1.165) is 18.8 Å². The van der Waals surface area contributed by atoms with Crippen LogP contribution in [-0.4, -0.2) is 13.2 Å². The van der Waals surface area contributed by atoms with Crippen molar-refractivity contribution in [1.29, 1.82) is 0 Å². The summed E-state index contributed by atoms with van der Waals surface area (Å²) >= 11 is 1.75. The molecule has 0 bridgehead atoms. The summed E-state index contributed by atoms with van der Waals surface area (Å²) in [6.45, 7) is 3.49. The number of nitrogens with two attached hydrogens (primary N) is 1. The predicted molar refractivity (Wildman–Crippen MR) is 77.4 cm³/mol. The molecule has 0 radical (unpaired) electrons. The fraction of sp³-hybridized carbons (Fsp3) is 0.333. The lowest BCUT2D eigenvalue weighted by Gasteiger charge is -2.15. The molecule has 0 fully saturated rings. The second-order valence-electron chi connectivity index (χ2n) is 4.22. The lowest BCUT2D eigenvalue weighted by molar-refractivity contribution is 0.317. The minimum atomic E-state index is 0.273. The number of benzene rings is 1. The first-order valence-electron chi connectivity index (χ1n) is 6.31. The smallest absolute Gasteiger partial charge is 0.119 e. The molecule has 1 heterocycles. The third-order valence-electron chi connectivity index (χ3n) is 2.86. The Hall–Kier alpha value is -1.32. The molecule has 0 aliphatic heterocycles. The fourth-order valence-electron chi connectivity index (χ4n) is 1.95. The largest absolute Gasteiger partial charge is 0.494 e. The Balaban J connectivity index is 2.20. The molecule has 96 valence electrons. The summed E-state index contributed by atoms with van der Waals surface area (Å²) in [4.78, 5) is 1.31. The molecule has 2 nitrogen and oxygen atoms in total. The molecule has 1 aromatic carbocycles. The SMILES string of the molecule is CCCOc1cccc(C(CN)c2cccs2)c1. The van der Waals surface area contributed by atoms with Gasteiger partial charge in [-0.1, -0.05) is 25.1 Å². The van der Waals surface area contributed by atoms with Gasteiger partial charge < -0.3 is 10.5 Å². The quantitative estimate of drug-likeness (QED) is 0.862. The van der Waals surface area contributed by atoms with E-state index >= 15 is 0 Å². The van der Waals surface area contributed by atoms with E-state index in [-0.39, 0.29) is 5.92 Å². The van der Waals surface area contributed by atoms with Gasteiger partial charge in [-0.25, -0.2) is 0 Å². The second-order valence-corrected chi connectivity index (χ2v) is 5.20.